The maximum atomic E-state index is 12.0. The van der Waals surface area contributed by atoms with Crippen LogP contribution in [0, 0.1) is 0 Å². The Bertz CT molecular complexity index is 654. The third kappa shape index (κ3) is 4.09. The predicted octanol–water partition coefficient (Wildman–Crippen LogP) is 2.33. The molecule has 2 heterocycles. The van der Waals surface area contributed by atoms with Crippen LogP contribution in [0.4, 0.5) is 0 Å². The zero-order valence-corrected chi connectivity index (χ0v) is 13.0. The van der Waals surface area contributed by atoms with Crippen LogP contribution in [0.15, 0.2) is 30.6 Å². The molecule has 0 saturated heterocycles. The first-order valence-corrected chi connectivity index (χ1v) is 8.12. The van der Waals surface area contributed by atoms with E-state index in [1.54, 1.807) is 22.9 Å². The molecule has 23 heavy (non-hydrogen) atoms. The summed E-state index contributed by atoms with van der Waals surface area (Å²) in [6.07, 6.45) is 10.2. The number of amides is 1. The Morgan fingerprint density at radius 1 is 1.22 bits per heavy atom. The maximum Gasteiger partial charge on any atom is 0.359 e. The second-order valence-corrected chi connectivity index (χ2v) is 5.92. The molecular weight excluding hydrogens is 294 g/mol. The monoisotopic (exact) mass is 315 g/mol. The highest BCUT2D eigenvalue weighted by atomic mass is 16.5. The van der Waals surface area contributed by atoms with Gasteiger partial charge in [0, 0.05) is 18.4 Å². The summed E-state index contributed by atoms with van der Waals surface area (Å²) in [5.41, 5.74) is 0.876. The molecule has 1 aliphatic carbocycles. The number of rotatable bonds is 4. The highest BCUT2D eigenvalue weighted by Crippen LogP contribution is 2.17. The largest absolute Gasteiger partial charge is 0.451 e. The SMILES string of the molecule is O=C(COC(=O)c1cn2ccccc2n1)NC1CCCCCC1. The first-order valence-electron chi connectivity index (χ1n) is 8.12. The second-order valence-electron chi connectivity index (χ2n) is 5.92. The van der Waals surface area contributed by atoms with Crippen LogP contribution in [0.2, 0.25) is 0 Å². The third-order valence-corrected chi connectivity index (χ3v) is 4.13. The number of carbonyl (C=O) groups is 2. The molecule has 2 aromatic rings. The highest BCUT2D eigenvalue weighted by molar-refractivity contribution is 5.90. The molecular formula is C17H21N3O3. The van der Waals surface area contributed by atoms with E-state index in [1.807, 2.05) is 12.1 Å². The van der Waals surface area contributed by atoms with Crippen LogP contribution >= 0.6 is 0 Å². The molecule has 0 atom stereocenters. The topological polar surface area (TPSA) is 72.7 Å². The number of aromatic nitrogens is 2. The van der Waals surface area contributed by atoms with Crippen LogP contribution in [-0.2, 0) is 9.53 Å². The smallest absolute Gasteiger partial charge is 0.359 e. The molecule has 1 amide bonds. The summed E-state index contributed by atoms with van der Waals surface area (Å²) in [6.45, 7) is -0.261. The summed E-state index contributed by atoms with van der Waals surface area (Å²) in [6, 6.07) is 5.70. The molecule has 1 aliphatic rings. The fourth-order valence-electron chi connectivity index (χ4n) is 2.93. The lowest BCUT2D eigenvalue weighted by Crippen LogP contribution is -2.37. The van der Waals surface area contributed by atoms with Crippen molar-refractivity contribution in [2.24, 2.45) is 0 Å². The van der Waals surface area contributed by atoms with Gasteiger partial charge in [-0.25, -0.2) is 9.78 Å². The highest BCUT2D eigenvalue weighted by Gasteiger charge is 2.17. The number of hydrogen-bond donors (Lipinski definition) is 1. The number of carbonyl (C=O) groups excluding carboxylic acids is 2. The summed E-state index contributed by atoms with van der Waals surface area (Å²) in [5, 5.41) is 2.95. The van der Waals surface area contributed by atoms with Gasteiger partial charge in [0.15, 0.2) is 12.3 Å². The minimum Gasteiger partial charge on any atom is -0.451 e. The first-order chi connectivity index (χ1) is 11.2. The fourth-order valence-corrected chi connectivity index (χ4v) is 2.93. The van der Waals surface area contributed by atoms with Crippen LogP contribution in [0.1, 0.15) is 49.0 Å². The number of imidazole rings is 1. The van der Waals surface area contributed by atoms with Crippen molar-refractivity contribution in [1.29, 1.82) is 0 Å². The lowest BCUT2D eigenvalue weighted by Gasteiger charge is -2.15. The summed E-state index contributed by atoms with van der Waals surface area (Å²) in [4.78, 5) is 28.1. The van der Waals surface area contributed by atoms with Crippen LogP contribution in [-0.4, -0.2) is 33.9 Å². The number of hydrogen-bond acceptors (Lipinski definition) is 4. The maximum absolute atomic E-state index is 12.0. The van der Waals surface area contributed by atoms with Gasteiger partial charge in [0.2, 0.25) is 0 Å². The van der Waals surface area contributed by atoms with Gasteiger partial charge in [0.05, 0.1) is 0 Å². The van der Waals surface area contributed by atoms with E-state index in [0.717, 1.165) is 25.7 Å². The molecule has 0 bridgehead atoms. The molecule has 122 valence electrons. The Morgan fingerprint density at radius 2 is 2.00 bits per heavy atom. The Morgan fingerprint density at radius 3 is 2.74 bits per heavy atom. The summed E-state index contributed by atoms with van der Waals surface area (Å²) in [7, 11) is 0. The van der Waals surface area contributed by atoms with Crippen LogP contribution in [0.25, 0.3) is 5.65 Å². The third-order valence-electron chi connectivity index (χ3n) is 4.13. The van der Waals surface area contributed by atoms with E-state index in [0.29, 0.717) is 5.65 Å². The van der Waals surface area contributed by atoms with E-state index >= 15 is 0 Å². The Kier molecular flexibility index (Phi) is 4.90. The van der Waals surface area contributed by atoms with Crippen molar-refractivity contribution >= 4 is 17.5 Å². The van der Waals surface area contributed by atoms with Crippen LogP contribution in [0.3, 0.4) is 0 Å². The predicted molar refractivity (Wildman–Crippen MR) is 85.1 cm³/mol. The zero-order chi connectivity index (χ0) is 16.1. The normalized spacial score (nSPS) is 16.0. The van der Waals surface area contributed by atoms with E-state index in [2.05, 4.69) is 10.3 Å². The Hall–Kier alpha value is -2.37. The number of fused-ring (bicyclic) bond motifs is 1. The van der Waals surface area contributed by atoms with E-state index in [4.69, 9.17) is 4.74 Å². The number of esters is 1. The Labute approximate surface area is 134 Å². The van der Waals surface area contributed by atoms with Crippen molar-refractivity contribution in [2.45, 2.75) is 44.6 Å². The van der Waals surface area contributed by atoms with Crippen molar-refractivity contribution in [3.05, 3.63) is 36.3 Å². The molecule has 2 aromatic heterocycles. The van der Waals surface area contributed by atoms with E-state index in [-0.39, 0.29) is 24.2 Å². The van der Waals surface area contributed by atoms with E-state index < -0.39 is 5.97 Å². The number of pyridine rings is 1. The Balaban J connectivity index is 1.50. The van der Waals surface area contributed by atoms with Crippen molar-refractivity contribution in [1.82, 2.24) is 14.7 Å². The van der Waals surface area contributed by atoms with E-state index in [9.17, 15) is 9.59 Å². The molecule has 6 nitrogen and oxygen atoms in total. The standard InChI is InChI=1S/C17H21N3O3/c21-16(18-13-7-3-1-2-4-8-13)12-23-17(22)14-11-20-10-6-5-9-15(20)19-14/h5-6,9-11,13H,1-4,7-8,12H2,(H,18,21). The summed E-state index contributed by atoms with van der Waals surface area (Å²) >= 11 is 0. The second kappa shape index (κ2) is 7.26. The molecule has 0 radical (unpaired) electrons. The molecule has 1 saturated carbocycles. The van der Waals surface area contributed by atoms with Gasteiger partial charge in [-0.2, -0.15) is 0 Å². The van der Waals surface area contributed by atoms with Gasteiger partial charge >= 0.3 is 5.97 Å². The van der Waals surface area contributed by atoms with Crippen molar-refractivity contribution in [3.8, 4) is 0 Å². The van der Waals surface area contributed by atoms with Gasteiger partial charge in [0.1, 0.15) is 5.65 Å². The molecule has 0 unspecified atom stereocenters. The van der Waals surface area contributed by atoms with Crippen molar-refractivity contribution < 1.29 is 14.3 Å². The summed E-state index contributed by atoms with van der Waals surface area (Å²) in [5.74, 6) is -0.821. The average Bonchev–Trinajstić information content (AvgIpc) is 2.83. The minimum absolute atomic E-state index is 0.207. The molecule has 0 aromatic carbocycles. The van der Waals surface area contributed by atoms with Crippen LogP contribution in [0.5, 0.6) is 0 Å². The van der Waals surface area contributed by atoms with Gasteiger partial charge in [-0.15, -0.1) is 0 Å². The fraction of sp³-hybridized carbons (Fsp3) is 0.471. The van der Waals surface area contributed by atoms with Gasteiger partial charge in [-0.3, -0.25) is 4.79 Å². The molecule has 0 spiro atoms. The van der Waals surface area contributed by atoms with E-state index in [1.165, 1.54) is 12.8 Å². The van der Waals surface area contributed by atoms with Gasteiger partial charge in [0.25, 0.3) is 5.91 Å². The zero-order valence-electron chi connectivity index (χ0n) is 13.0. The average molecular weight is 315 g/mol. The van der Waals surface area contributed by atoms with Crippen molar-refractivity contribution in [2.75, 3.05) is 6.61 Å². The molecule has 6 heteroatoms. The quantitative estimate of drug-likeness (QED) is 0.694. The lowest BCUT2D eigenvalue weighted by molar-refractivity contribution is -0.125. The minimum atomic E-state index is -0.579. The molecule has 0 aliphatic heterocycles. The molecule has 1 fully saturated rings. The number of nitrogens with zero attached hydrogens (tertiary/aromatic N) is 2. The number of ether oxygens (including phenoxy) is 1. The van der Waals surface area contributed by atoms with Gasteiger partial charge in [-0.1, -0.05) is 31.7 Å². The molecule has 1 N–H and O–H groups in total. The number of nitrogens with one attached hydrogen (secondary N) is 1. The van der Waals surface area contributed by atoms with Gasteiger partial charge in [-0.05, 0) is 25.0 Å². The van der Waals surface area contributed by atoms with Crippen molar-refractivity contribution in [3.63, 3.8) is 0 Å². The lowest BCUT2D eigenvalue weighted by atomic mass is 10.1. The first kappa shape index (κ1) is 15.5. The summed E-state index contributed by atoms with van der Waals surface area (Å²) < 4.78 is 6.80. The van der Waals surface area contributed by atoms with Crippen LogP contribution < -0.4 is 5.32 Å². The van der Waals surface area contributed by atoms with Gasteiger partial charge < -0.3 is 14.5 Å². The molecule has 3 rings (SSSR count).